The summed E-state index contributed by atoms with van der Waals surface area (Å²) < 4.78 is 38.2. The van der Waals surface area contributed by atoms with Crippen molar-refractivity contribution in [2.75, 3.05) is 0 Å². The number of carboxylic acids is 1. The monoisotopic (exact) mass is 275 g/mol. The van der Waals surface area contributed by atoms with Crippen LogP contribution in [0.25, 0.3) is 0 Å². The predicted octanol–water partition coefficient (Wildman–Crippen LogP) is 2.90. The fourth-order valence-corrected chi connectivity index (χ4v) is 1.78. The van der Waals surface area contributed by atoms with E-state index >= 15 is 0 Å². The van der Waals surface area contributed by atoms with Crippen molar-refractivity contribution < 1.29 is 23.1 Å². The normalized spacial score (nSPS) is 13.6. The molecule has 0 aliphatic rings. The number of benzene rings is 1. The average molecular weight is 275 g/mol. The minimum atomic E-state index is -4.44. The van der Waals surface area contributed by atoms with E-state index in [4.69, 9.17) is 5.11 Å². The zero-order valence-corrected chi connectivity index (χ0v) is 10.7. The predicted molar refractivity (Wildman–Crippen MR) is 64.5 cm³/mol. The molecule has 19 heavy (non-hydrogen) atoms. The van der Waals surface area contributed by atoms with E-state index in [1.165, 1.54) is 18.2 Å². The van der Waals surface area contributed by atoms with E-state index < -0.39 is 23.8 Å². The Bertz CT molecular complexity index is 444. The number of hydrogen-bond donors (Lipinski definition) is 2. The molecule has 0 bridgehead atoms. The van der Waals surface area contributed by atoms with Crippen LogP contribution in [-0.2, 0) is 17.5 Å². The summed E-state index contributed by atoms with van der Waals surface area (Å²) in [6, 6.07) is 4.26. The Morgan fingerprint density at radius 3 is 2.37 bits per heavy atom. The standard InChI is InChI=1S/C13H16F3NO2/c1-8(2)11(12(18)19)17-7-9-5-3-4-6-10(9)13(14,15)16/h3-6,8,11,17H,7H2,1-2H3,(H,18,19)/t11-/m1/s1. The molecule has 1 aromatic rings. The molecule has 0 amide bonds. The van der Waals surface area contributed by atoms with Crippen molar-refractivity contribution in [2.24, 2.45) is 5.92 Å². The highest BCUT2D eigenvalue weighted by Gasteiger charge is 2.33. The largest absolute Gasteiger partial charge is 0.480 e. The van der Waals surface area contributed by atoms with Gasteiger partial charge in [0.2, 0.25) is 0 Å². The number of hydrogen-bond acceptors (Lipinski definition) is 2. The van der Waals surface area contributed by atoms with Crippen LogP contribution in [0.2, 0.25) is 0 Å². The summed E-state index contributed by atoms with van der Waals surface area (Å²) in [5, 5.41) is 11.6. The van der Waals surface area contributed by atoms with Crippen molar-refractivity contribution in [3.63, 3.8) is 0 Å². The Hall–Kier alpha value is -1.56. The first-order valence-electron chi connectivity index (χ1n) is 5.84. The molecule has 6 heteroatoms. The van der Waals surface area contributed by atoms with Crippen LogP contribution in [0.1, 0.15) is 25.0 Å². The molecule has 1 rings (SSSR count). The number of alkyl halides is 3. The third kappa shape index (κ3) is 4.24. The number of carbonyl (C=O) groups is 1. The van der Waals surface area contributed by atoms with Gasteiger partial charge in [0.25, 0.3) is 0 Å². The number of carboxylic acid groups (broad SMARTS) is 1. The molecular weight excluding hydrogens is 259 g/mol. The molecule has 3 nitrogen and oxygen atoms in total. The molecular formula is C13H16F3NO2. The van der Waals surface area contributed by atoms with Gasteiger partial charge in [0.1, 0.15) is 6.04 Å². The quantitative estimate of drug-likeness (QED) is 0.868. The van der Waals surface area contributed by atoms with Crippen LogP contribution in [0.5, 0.6) is 0 Å². The molecule has 0 radical (unpaired) electrons. The minimum absolute atomic E-state index is 0.0434. The van der Waals surface area contributed by atoms with E-state index in [1.54, 1.807) is 13.8 Å². The van der Waals surface area contributed by atoms with Gasteiger partial charge in [-0.15, -0.1) is 0 Å². The van der Waals surface area contributed by atoms with Gasteiger partial charge in [-0.2, -0.15) is 13.2 Å². The fourth-order valence-electron chi connectivity index (χ4n) is 1.78. The summed E-state index contributed by atoms with van der Waals surface area (Å²) in [5.41, 5.74) is -0.697. The lowest BCUT2D eigenvalue weighted by atomic mass is 10.0. The number of aliphatic carboxylic acids is 1. The van der Waals surface area contributed by atoms with Gasteiger partial charge >= 0.3 is 12.1 Å². The van der Waals surface area contributed by atoms with E-state index in [1.807, 2.05) is 0 Å². The summed E-state index contributed by atoms with van der Waals surface area (Å²) in [4.78, 5) is 11.0. The van der Waals surface area contributed by atoms with E-state index in [0.717, 1.165) is 6.07 Å². The molecule has 0 saturated carbocycles. The third-order valence-corrected chi connectivity index (χ3v) is 2.77. The first-order valence-corrected chi connectivity index (χ1v) is 5.84. The van der Waals surface area contributed by atoms with Crippen LogP contribution in [0.3, 0.4) is 0 Å². The highest BCUT2D eigenvalue weighted by Crippen LogP contribution is 2.31. The minimum Gasteiger partial charge on any atom is -0.480 e. The lowest BCUT2D eigenvalue weighted by Gasteiger charge is -2.19. The molecule has 0 aromatic heterocycles. The van der Waals surface area contributed by atoms with Crippen LogP contribution in [0.4, 0.5) is 13.2 Å². The SMILES string of the molecule is CC(C)[C@@H](NCc1ccccc1C(F)(F)F)C(=O)O. The van der Waals surface area contributed by atoms with Gasteiger partial charge in [0.05, 0.1) is 5.56 Å². The number of rotatable bonds is 5. The summed E-state index contributed by atoms with van der Waals surface area (Å²) in [6.45, 7) is 3.26. The van der Waals surface area contributed by atoms with Gasteiger partial charge in [-0.1, -0.05) is 32.0 Å². The van der Waals surface area contributed by atoms with Crippen LogP contribution < -0.4 is 5.32 Å². The lowest BCUT2D eigenvalue weighted by Crippen LogP contribution is -2.40. The molecule has 1 aromatic carbocycles. The van der Waals surface area contributed by atoms with E-state index in [-0.39, 0.29) is 18.0 Å². The molecule has 0 aliphatic carbocycles. The van der Waals surface area contributed by atoms with Gasteiger partial charge < -0.3 is 10.4 Å². The number of nitrogens with one attached hydrogen (secondary N) is 1. The van der Waals surface area contributed by atoms with E-state index in [2.05, 4.69) is 5.32 Å². The van der Waals surface area contributed by atoms with Crippen LogP contribution >= 0.6 is 0 Å². The second kappa shape index (κ2) is 6.06. The van der Waals surface area contributed by atoms with Gasteiger partial charge in [-0.3, -0.25) is 4.79 Å². The smallest absolute Gasteiger partial charge is 0.416 e. The van der Waals surface area contributed by atoms with Gasteiger partial charge in [0, 0.05) is 6.54 Å². The Kier molecular flexibility index (Phi) is 4.94. The van der Waals surface area contributed by atoms with E-state index in [9.17, 15) is 18.0 Å². The molecule has 106 valence electrons. The van der Waals surface area contributed by atoms with Crippen LogP contribution in [0, 0.1) is 5.92 Å². The number of halogens is 3. The van der Waals surface area contributed by atoms with Gasteiger partial charge in [-0.05, 0) is 17.5 Å². The van der Waals surface area contributed by atoms with Gasteiger partial charge in [0.15, 0.2) is 0 Å². The first kappa shape index (κ1) is 15.5. The highest BCUT2D eigenvalue weighted by atomic mass is 19.4. The highest BCUT2D eigenvalue weighted by molar-refractivity contribution is 5.73. The molecule has 0 heterocycles. The van der Waals surface area contributed by atoms with Crippen molar-refractivity contribution in [2.45, 2.75) is 32.6 Å². The van der Waals surface area contributed by atoms with Crippen molar-refractivity contribution in [3.05, 3.63) is 35.4 Å². The second-order valence-corrected chi connectivity index (χ2v) is 4.60. The van der Waals surface area contributed by atoms with Crippen LogP contribution in [-0.4, -0.2) is 17.1 Å². The van der Waals surface area contributed by atoms with Gasteiger partial charge in [-0.25, -0.2) is 0 Å². The zero-order chi connectivity index (χ0) is 14.6. The third-order valence-electron chi connectivity index (χ3n) is 2.77. The molecule has 2 N–H and O–H groups in total. The van der Waals surface area contributed by atoms with Crippen molar-refractivity contribution in [3.8, 4) is 0 Å². The summed E-state index contributed by atoms with van der Waals surface area (Å²) in [6.07, 6.45) is -4.44. The maximum absolute atomic E-state index is 12.7. The lowest BCUT2D eigenvalue weighted by molar-refractivity contribution is -0.140. The maximum Gasteiger partial charge on any atom is 0.416 e. The molecule has 0 saturated heterocycles. The molecule has 0 unspecified atom stereocenters. The average Bonchev–Trinajstić information content (AvgIpc) is 2.27. The molecule has 0 aliphatic heterocycles. The second-order valence-electron chi connectivity index (χ2n) is 4.60. The Balaban J connectivity index is 2.86. The maximum atomic E-state index is 12.7. The molecule has 0 fully saturated rings. The summed E-state index contributed by atoms with van der Waals surface area (Å²) in [7, 11) is 0. The Morgan fingerprint density at radius 1 is 1.32 bits per heavy atom. The topological polar surface area (TPSA) is 49.3 Å². The zero-order valence-electron chi connectivity index (χ0n) is 10.7. The summed E-state index contributed by atoms with van der Waals surface area (Å²) >= 11 is 0. The Labute approximate surface area is 109 Å². The summed E-state index contributed by atoms with van der Waals surface area (Å²) in [5.74, 6) is -1.28. The van der Waals surface area contributed by atoms with Crippen molar-refractivity contribution >= 4 is 5.97 Å². The van der Waals surface area contributed by atoms with Crippen molar-refractivity contribution in [1.29, 1.82) is 0 Å². The first-order chi connectivity index (χ1) is 8.73. The van der Waals surface area contributed by atoms with E-state index in [0.29, 0.717) is 0 Å². The molecule has 0 spiro atoms. The van der Waals surface area contributed by atoms with Crippen molar-refractivity contribution in [1.82, 2.24) is 5.32 Å². The molecule has 1 atom stereocenters. The van der Waals surface area contributed by atoms with Crippen LogP contribution in [0.15, 0.2) is 24.3 Å². The Morgan fingerprint density at radius 2 is 1.89 bits per heavy atom. The fraction of sp³-hybridized carbons (Fsp3) is 0.462.